The molecule has 0 saturated carbocycles. The first-order valence-electron chi connectivity index (χ1n) is 2.15. The van der Waals surface area contributed by atoms with Gasteiger partial charge in [-0.15, -0.1) is 0 Å². The van der Waals surface area contributed by atoms with Gasteiger partial charge in [-0.3, -0.25) is 4.79 Å². The van der Waals surface area contributed by atoms with Gasteiger partial charge in [0.1, 0.15) is 5.41 Å². The van der Waals surface area contributed by atoms with Crippen LogP contribution in [0.15, 0.2) is 0 Å². The Bertz CT molecular complexity index is 143. The van der Waals surface area contributed by atoms with Crippen molar-refractivity contribution in [2.45, 2.75) is 13.8 Å². The Morgan fingerprint density at radius 3 is 2.12 bits per heavy atom. The van der Waals surface area contributed by atoms with E-state index in [0.717, 1.165) is 0 Å². The number of carbonyl (C=O) groups is 1. The Kier molecular flexibility index (Phi) is 1.59. The Hall–Kier alpha value is -1.04. The highest BCUT2D eigenvalue weighted by molar-refractivity contribution is 5.76. The fourth-order valence-corrected chi connectivity index (χ4v) is 0.0478. The molecule has 0 aliphatic carbocycles. The quantitative estimate of drug-likeness (QED) is 0.542. The van der Waals surface area contributed by atoms with Gasteiger partial charge in [-0.1, -0.05) is 0 Å². The molecular formula is C5H7NO2. The molecule has 44 valence electrons. The lowest BCUT2D eigenvalue weighted by Gasteiger charge is -2.05. The molecule has 1 N–H and O–H groups in total. The number of rotatable bonds is 1. The highest BCUT2D eigenvalue weighted by Gasteiger charge is 2.25. The maximum atomic E-state index is 10.0. The molecule has 0 amide bonds. The fourth-order valence-electron chi connectivity index (χ4n) is 0.0478. The summed E-state index contributed by atoms with van der Waals surface area (Å²) in [5.74, 6) is -1.08. The average molecular weight is 113 g/mol. The number of carboxylic acids is 1. The van der Waals surface area contributed by atoms with E-state index in [9.17, 15) is 4.79 Å². The lowest BCUT2D eigenvalue weighted by Crippen LogP contribution is -2.20. The maximum absolute atomic E-state index is 10.0. The molecule has 0 heterocycles. The van der Waals surface area contributed by atoms with Gasteiger partial charge in [0.15, 0.2) is 0 Å². The summed E-state index contributed by atoms with van der Waals surface area (Å²) in [5.41, 5.74) is -1.24. The van der Waals surface area contributed by atoms with Gasteiger partial charge < -0.3 is 5.11 Å². The molecule has 0 atom stereocenters. The van der Waals surface area contributed by atoms with Crippen LogP contribution >= 0.6 is 0 Å². The first-order chi connectivity index (χ1) is 3.50. The molecule has 0 aromatic rings. The molecule has 8 heavy (non-hydrogen) atoms. The highest BCUT2D eigenvalue weighted by Crippen LogP contribution is 2.11. The molecule has 3 heteroatoms. The third-order valence-corrected chi connectivity index (χ3v) is 0.814. The van der Waals surface area contributed by atoms with Crippen molar-refractivity contribution in [3.8, 4) is 6.07 Å². The minimum atomic E-state index is -1.24. The van der Waals surface area contributed by atoms with Crippen molar-refractivity contribution in [1.82, 2.24) is 0 Å². The summed E-state index contributed by atoms with van der Waals surface area (Å²) in [7, 11) is 0. The van der Waals surface area contributed by atoms with Crippen LogP contribution in [0.2, 0.25) is 0 Å². The fraction of sp³-hybridized carbons (Fsp3) is 0.600. The van der Waals surface area contributed by atoms with Gasteiger partial charge in [0, 0.05) is 0 Å². The minimum Gasteiger partial charge on any atom is -0.480 e. The van der Waals surface area contributed by atoms with Crippen molar-refractivity contribution in [3.63, 3.8) is 0 Å². The molecule has 0 fully saturated rings. The van der Waals surface area contributed by atoms with Crippen LogP contribution in [0.3, 0.4) is 0 Å². The lowest BCUT2D eigenvalue weighted by molar-refractivity contribution is -0.143. The number of nitrogens with zero attached hydrogens (tertiary/aromatic N) is 1. The number of nitriles is 1. The van der Waals surface area contributed by atoms with E-state index in [-0.39, 0.29) is 0 Å². The molecule has 0 bridgehead atoms. The SMILES string of the molecule is CC(C)(C#N)C(=O)O. The van der Waals surface area contributed by atoms with Gasteiger partial charge >= 0.3 is 5.97 Å². The van der Waals surface area contributed by atoms with E-state index in [1.807, 2.05) is 0 Å². The Labute approximate surface area is 47.5 Å². The molecule has 0 saturated heterocycles. The van der Waals surface area contributed by atoms with E-state index in [0.29, 0.717) is 0 Å². The summed E-state index contributed by atoms with van der Waals surface area (Å²) in [6, 6.07) is 1.64. The van der Waals surface area contributed by atoms with Crippen LogP contribution in [-0.4, -0.2) is 11.1 Å². The number of hydrogen-bond acceptors (Lipinski definition) is 2. The van der Waals surface area contributed by atoms with Crippen molar-refractivity contribution in [1.29, 1.82) is 5.26 Å². The lowest BCUT2D eigenvalue weighted by atomic mass is 9.97. The van der Waals surface area contributed by atoms with Gasteiger partial charge in [0.05, 0.1) is 6.07 Å². The zero-order valence-electron chi connectivity index (χ0n) is 4.80. The van der Waals surface area contributed by atoms with Gasteiger partial charge in [-0.25, -0.2) is 0 Å². The smallest absolute Gasteiger partial charge is 0.323 e. The molecular weight excluding hydrogens is 106 g/mol. The molecule has 0 unspecified atom stereocenters. The van der Waals surface area contributed by atoms with Crippen LogP contribution in [0.25, 0.3) is 0 Å². The molecule has 0 aliphatic rings. The molecule has 0 rings (SSSR count). The number of carboxylic acid groups (broad SMARTS) is 1. The number of hydrogen-bond donors (Lipinski definition) is 1. The summed E-state index contributed by atoms with van der Waals surface area (Å²) in [6.45, 7) is 2.71. The minimum absolute atomic E-state index is 1.08. The van der Waals surface area contributed by atoms with Crippen LogP contribution in [-0.2, 0) is 4.79 Å². The topological polar surface area (TPSA) is 61.1 Å². The number of aliphatic carboxylic acids is 1. The zero-order chi connectivity index (χ0) is 6.78. The molecule has 3 nitrogen and oxygen atoms in total. The third kappa shape index (κ3) is 1.23. The molecule has 0 aromatic heterocycles. The van der Waals surface area contributed by atoms with Crippen molar-refractivity contribution in [2.24, 2.45) is 5.41 Å². The van der Waals surface area contributed by atoms with Gasteiger partial charge in [-0.05, 0) is 13.8 Å². The largest absolute Gasteiger partial charge is 0.480 e. The van der Waals surface area contributed by atoms with Crippen molar-refractivity contribution < 1.29 is 9.90 Å². The second-order valence-electron chi connectivity index (χ2n) is 2.04. The van der Waals surface area contributed by atoms with E-state index in [4.69, 9.17) is 10.4 Å². The Balaban J connectivity index is 4.19. The van der Waals surface area contributed by atoms with Crippen LogP contribution in [0.1, 0.15) is 13.8 Å². The van der Waals surface area contributed by atoms with Gasteiger partial charge in [0.2, 0.25) is 0 Å². The third-order valence-electron chi connectivity index (χ3n) is 0.814. The summed E-state index contributed by atoms with van der Waals surface area (Å²) in [4.78, 5) is 10.0. The molecule has 0 radical (unpaired) electrons. The first kappa shape index (κ1) is 6.96. The van der Waals surface area contributed by atoms with E-state index in [1.54, 1.807) is 6.07 Å². The van der Waals surface area contributed by atoms with Crippen LogP contribution < -0.4 is 0 Å². The Morgan fingerprint density at radius 2 is 2.12 bits per heavy atom. The normalized spacial score (nSPS) is 10.1. The van der Waals surface area contributed by atoms with Crippen LogP contribution in [0.4, 0.5) is 0 Å². The molecule has 0 spiro atoms. The highest BCUT2D eigenvalue weighted by atomic mass is 16.4. The van der Waals surface area contributed by atoms with Crippen LogP contribution in [0, 0.1) is 16.7 Å². The van der Waals surface area contributed by atoms with Gasteiger partial charge in [0.25, 0.3) is 0 Å². The first-order valence-corrected chi connectivity index (χ1v) is 2.15. The summed E-state index contributed by atoms with van der Waals surface area (Å²) < 4.78 is 0. The van der Waals surface area contributed by atoms with Gasteiger partial charge in [-0.2, -0.15) is 5.26 Å². The van der Waals surface area contributed by atoms with Crippen molar-refractivity contribution in [3.05, 3.63) is 0 Å². The van der Waals surface area contributed by atoms with E-state index in [2.05, 4.69) is 0 Å². The summed E-state index contributed by atoms with van der Waals surface area (Å²) in [6.07, 6.45) is 0. The average Bonchev–Trinajstić information content (AvgIpc) is 1.67. The second kappa shape index (κ2) is 1.83. The molecule has 0 aliphatic heterocycles. The van der Waals surface area contributed by atoms with E-state index < -0.39 is 11.4 Å². The van der Waals surface area contributed by atoms with E-state index in [1.165, 1.54) is 13.8 Å². The standard InChI is InChI=1S/C5H7NO2/c1-5(2,3-6)4(7)8/h1-2H3,(H,7,8). The van der Waals surface area contributed by atoms with Crippen molar-refractivity contribution in [2.75, 3.05) is 0 Å². The monoisotopic (exact) mass is 113 g/mol. The summed E-state index contributed by atoms with van der Waals surface area (Å²) in [5, 5.41) is 16.4. The molecule has 0 aromatic carbocycles. The van der Waals surface area contributed by atoms with Crippen molar-refractivity contribution >= 4 is 5.97 Å². The second-order valence-corrected chi connectivity index (χ2v) is 2.04. The zero-order valence-corrected chi connectivity index (χ0v) is 4.80. The predicted octanol–water partition coefficient (Wildman–Crippen LogP) is 0.621. The van der Waals surface area contributed by atoms with Crippen LogP contribution in [0.5, 0.6) is 0 Å². The predicted molar refractivity (Wildman–Crippen MR) is 27.0 cm³/mol. The summed E-state index contributed by atoms with van der Waals surface area (Å²) >= 11 is 0. The van der Waals surface area contributed by atoms with E-state index >= 15 is 0 Å². The Morgan fingerprint density at radius 1 is 1.75 bits per heavy atom. The maximum Gasteiger partial charge on any atom is 0.323 e.